The summed E-state index contributed by atoms with van der Waals surface area (Å²) in [6.45, 7) is 3.92. The normalized spacial score (nSPS) is 20.7. The Bertz CT molecular complexity index is 1460. The number of H-pyrrole nitrogens is 1. The van der Waals surface area contributed by atoms with E-state index in [0.29, 0.717) is 23.3 Å². The molecule has 0 bridgehead atoms. The van der Waals surface area contributed by atoms with E-state index in [1.54, 1.807) is 18.3 Å². The van der Waals surface area contributed by atoms with Crippen molar-refractivity contribution in [3.63, 3.8) is 0 Å². The van der Waals surface area contributed by atoms with Crippen LogP contribution in [0.4, 0.5) is 4.39 Å². The number of nitrogens with one attached hydrogen (secondary N) is 1. The van der Waals surface area contributed by atoms with Crippen LogP contribution in [0.25, 0.3) is 27.8 Å². The molecule has 0 radical (unpaired) electrons. The van der Waals surface area contributed by atoms with Gasteiger partial charge in [0.05, 0.1) is 23.3 Å². The lowest BCUT2D eigenvalue weighted by molar-refractivity contribution is -0.157. The number of carboxylic acid groups (broad SMARTS) is 1. The second-order valence-corrected chi connectivity index (χ2v) is 9.73. The number of nitrogens with zero attached hydrogens (tertiary/aromatic N) is 4. The van der Waals surface area contributed by atoms with Gasteiger partial charge in [-0.1, -0.05) is 13.8 Å². The lowest BCUT2D eigenvalue weighted by atomic mass is 9.80. The number of pyridine rings is 1. The van der Waals surface area contributed by atoms with Crippen LogP contribution in [0.1, 0.15) is 56.7 Å². The Balaban J connectivity index is 1.88. The average Bonchev–Trinajstić information content (AvgIpc) is 3.48. The van der Waals surface area contributed by atoms with E-state index < -0.39 is 17.0 Å². The first-order valence-electron chi connectivity index (χ1n) is 11.1. The topological polar surface area (TPSA) is 128 Å². The zero-order valence-electron chi connectivity index (χ0n) is 18.8. The molecule has 0 aliphatic heterocycles. The van der Waals surface area contributed by atoms with Crippen LogP contribution in [-0.2, 0) is 10.2 Å². The summed E-state index contributed by atoms with van der Waals surface area (Å²) in [5.74, 6) is -1.89. The Kier molecular flexibility index (Phi) is 4.95. The van der Waals surface area contributed by atoms with Crippen LogP contribution in [-0.4, -0.2) is 41.5 Å². The fraction of sp³-hybridized carbons (Fsp3) is 0.360. The molecule has 3 heterocycles. The highest BCUT2D eigenvalue weighted by Gasteiger charge is 2.47. The summed E-state index contributed by atoms with van der Waals surface area (Å²) >= 11 is 0. The number of aromatic amines is 1. The van der Waals surface area contributed by atoms with E-state index in [-0.39, 0.29) is 31.0 Å². The van der Waals surface area contributed by atoms with Crippen molar-refractivity contribution in [2.75, 3.05) is 0 Å². The number of halogens is 1. The minimum atomic E-state index is -1.82. The number of nitriles is 1. The first kappa shape index (κ1) is 22.0. The molecule has 3 N–H and O–H groups in total. The molecule has 9 heteroatoms. The molecule has 5 rings (SSSR count). The van der Waals surface area contributed by atoms with E-state index in [0.717, 1.165) is 22.2 Å². The van der Waals surface area contributed by atoms with Gasteiger partial charge in [-0.25, -0.2) is 14.2 Å². The zero-order chi connectivity index (χ0) is 24.3. The lowest BCUT2D eigenvalue weighted by Crippen LogP contribution is -2.35. The molecule has 8 nitrogen and oxygen atoms in total. The van der Waals surface area contributed by atoms with E-state index in [1.807, 2.05) is 24.5 Å². The Morgan fingerprint density at radius 3 is 2.76 bits per heavy atom. The second-order valence-electron chi connectivity index (χ2n) is 9.73. The summed E-state index contributed by atoms with van der Waals surface area (Å²) in [6.07, 6.45) is 2.50. The van der Waals surface area contributed by atoms with Gasteiger partial charge in [-0.05, 0) is 55.5 Å². The molecule has 1 aromatic carbocycles. The van der Waals surface area contributed by atoms with E-state index in [9.17, 15) is 24.7 Å². The van der Waals surface area contributed by atoms with E-state index in [1.165, 1.54) is 12.1 Å². The summed E-state index contributed by atoms with van der Waals surface area (Å²) in [5.41, 5.74) is 1.86. The highest BCUT2D eigenvalue weighted by molar-refractivity contribution is 5.94. The Morgan fingerprint density at radius 1 is 1.38 bits per heavy atom. The molecular weight excluding hydrogens is 437 g/mol. The first-order valence-corrected chi connectivity index (χ1v) is 11.1. The molecule has 1 fully saturated rings. The predicted molar refractivity (Wildman–Crippen MR) is 123 cm³/mol. The summed E-state index contributed by atoms with van der Waals surface area (Å²) in [6, 6.07) is 10.3. The molecule has 2 atom stereocenters. The number of aromatic nitrogens is 4. The van der Waals surface area contributed by atoms with E-state index in [2.05, 4.69) is 16.3 Å². The SMILES string of the molecule is CC(C)(CC#N)c1c([C@@H]2CC[C@@](O)(C(=O)O)C2)c2nc3[nH]ncc3cc2n1-c1ccc(F)cc1. The van der Waals surface area contributed by atoms with Gasteiger partial charge in [0.1, 0.15) is 5.82 Å². The smallest absolute Gasteiger partial charge is 0.335 e. The zero-order valence-corrected chi connectivity index (χ0v) is 18.8. The number of aliphatic hydroxyl groups is 1. The molecule has 174 valence electrons. The van der Waals surface area contributed by atoms with Crippen LogP contribution in [0.3, 0.4) is 0 Å². The number of carboxylic acids is 1. The lowest BCUT2D eigenvalue weighted by Gasteiger charge is -2.28. The summed E-state index contributed by atoms with van der Waals surface area (Å²) in [5, 5.41) is 37.7. The van der Waals surface area contributed by atoms with E-state index >= 15 is 0 Å². The number of aliphatic carboxylic acids is 1. The Morgan fingerprint density at radius 2 is 2.12 bits per heavy atom. The van der Waals surface area contributed by atoms with Crippen molar-refractivity contribution in [1.29, 1.82) is 5.26 Å². The first-order chi connectivity index (χ1) is 16.1. The van der Waals surface area contributed by atoms with Crippen LogP contribution in [0.2, 0.25) is 0 Å². The minimum absolute atomic E-state index is 0.0448. The summed E-state index contributed by atoms with van der Waals surface area (Å²) in [4.78, 5) is 16.6. The van der Waals surface area contributed by atoms with Gasteiger partial charge in [-0.3, -0.25) is 5.10 Å². The van der Waals surface area contributed by atoms with Crippen molar-refractivity contribution < 1.29 is 19.4 Å². The molecule has 1 aliphatic rings. The van der Waals surface area contributed by atoms with Crippen molar-refractivity contribution in [2.45, 2.75) is 56.5 Å². The van der Waals surface area contributed by atoms with Crippen LogP contribution in [0.15, 0.2) is 36.5 Å². The molecule has 0 unspecified atom stereocenters. The van der Waals surface area contributed by atoms with Gasteiger partial charge in [0.15, 0.2) is 11.2 Å². The quantitative estimate of drug-likeness (QED) is 0.406. The molecule has 0 saturated heterocycles. The Hall–Kier alpha value is -3.77. The van der Waals surface area contributed by atoms with Crippen molar-refractivity contribution in [2.24, 2.45) is 0 Å². The molecule has 3 aromatic heterocycles. The fourth-order valence-electron chi connectivity index (χ4n) is 5.25. The second kappa shape index (κ2) is 7.64. The maximum absolute atomic E-state index is 13.8. The maximum atomic E-state index is 13.8. The third-order valence-electron chi connectivity index (χ3n) is 6.92. The standard InChI is InChI=1S/C25H24FN5O3/c1-24(2,9-10-27)21-19(14-7-8-25(34,12-14)23(32)33)20-18(11-15-13-28-30-22(15)29-20)31(21)17-5-3-16(26)4-6-17/h3-6,11,13-14,34H,7-9,12H2,1-2H3,(H,32,33)(H,28,29,30)/t14-,25+/m1/s1. The number of carbonyl (C=O) groups is 1. The van der Waals surface area contributed by atoms with Gasteiger partial charge in [0.2, 0.25) is 0 Å². The van der Waals surface area contributed by atoms with Gasteiger partial charge < -0.3 is 14.8 Å². The van der Waals surface area contributed by atoms with Crippen molar-refractivity contribution in [1.82, 2.24) is 19.7 Å². The fourth-order valence-corrected chi connectivity index (χ4v) is 5.25. The third kappa shape index (κ3) is 3.33. The number of fused-ring (bicyclic) bond motifs is 2. The molecular formula is C25H24FN5O3. The molecule has 1 aliphatic carbocycles. The summed E-state index contributed by atoms with van der Waals surface area (Å²) < 4.78 is 15.8. The Labute approximate surface area is 194 Å². The van der Waals surface area contributed by atoms with Crippen LogP contribution >= 0.6 is 0 Å². The molecule has 1 saturated carbocycles. The van der Waals surface area contributed by atoms with Gasteiger partial charge in [-0.15, -0.1) is 0 Å². The average molecular weight is 461 g/mol. The molecule has 0 amide bonds. The minimum Gasteiger partial charge on any atom is -0.479 e. The molecule has 34 heavy (non-hydrogen) atoms. The van der Waals surface area contributed by atoms with Crippen molar-refractivity contribution >= 4 is 28.0 Å². The highest BCUT2D eigenvalue weighted by atomic mass is 19.1. The van der Waals surface area contributed by atoms with E-state index in [4.69, 9.17) is 4.98 Å². The van der Waals surface area contributed by atoms with Gasteiger partial charge >= 0.3 is 5.97 Å². The third-order valence-corrected chi connectivity index (χ3v) is 6.92. The van der Waals surface area contributed by atoms with Crippen molar-refractivity contribution in [3.8, 4) is 11.8 Å². The number of benzene rings is 1. The van der Waals surface area contributed by atoms with Crippen molar-refractivity contribution in [3.05, 3.63) is 53.6 Å². The highest BCUT2D eigenvalue weighted by Crippen LogP contribution is 2.49. The number of rotatable bonds is 5. The molecule has 4 aromatic rings. The largest absolute Gasteiger partial charge is 0.479 e. The monoisotopic (exact) mass is 461 g/mol. The van der Waals surface area contributed by atoms with Gasteiger partial charge in [-0.2, -0.15) is 10.4 Å². The molecule has 0 spiro atoms. The number of hydrogen-bond acceptors (Lipinski definition) is 5. The predicted octanol–water partition coefficient (Wildman–Crippen LogP) is 4.32. The van der Waals surface area contributed by atoms with Crippen LogP contribution in [0, 0.1) is 17.1 Å². The van der Waals surface area contributed by atoms with Crippen LogP contribution in [0.5, 0.6) is 0 Å². The van der Waals surface area contributed by atoms with Gasteiger partial charge in [0.25, 0.3) is 0 Å². The maximum Gasteiger partial charge on any atom is 0.335 e. The van der Waals surface area contributed by atoms with Gasteiger partial charge in [0, 0.05) is 34.2 Å². The van der Waals surface area contributed by atoms with Crippen LogP contribution < -0.4 is 0 Å². The summed E-state index contributed by atoms with van der Waals surface area (Å²) in [7, 11) is 0. The number of hydrogen-bond donors (Lipinski definition) is 3.